The second-order valence-electron chi connectivity index (χ2n) is 3.27. The van der Waals surface area contributed by atoms with Crippen LogP contribution in [0.1, 0.15) is 5.56 Å². The topological polar surface area (TPSA) is 81.7 Å². The molecule has 0 radical (unpaired) electrons. The highest BCUT2D eigenvalue weighted by atomic mass is 16.4. The molecule has 16 heavy (non-hydrogen) atoms. The number of hydrogen-bond acceptors (Lipinski definition) is 2. The van der Waals surface area contributed by atoms with Crippen LogP contribution in [0.2, 0.25) is 0 Å². The van der Waals surface area contributed by atoms with E-state index >= 15 is 0 Å². The van der Waals surface area contributed by atoms with Crippen LogP contribution >= 0.6 is 0 Å². The first-order valence-corrected chi connectivity index (χ1v) is 4.60. The number of anilines is 1. The van der Waals surface area contributed by atoms with Crippen molar-refractivity contribution in [3.05, 3.63) is 29.8 Å². The molecular formula is C10H13N3O3. The molecule has 3 N–H and O–H groups in total. The van der Waals surface area contributed by atoms with Crippen LogP contribution in [-0.4, -0.2) is 29.3 Å². The van der Waals surface area contributed by atoms with E-state index in [0.29, 0.717) is 10.7 Å². The zero-order chi connectivity index (χ0) is 12.1. The van der Waals surface area contributed by atoms with Gasteiger partial charge in [-0.25, -0.2) is 20.0 Å². The maximum absolute atomic E-state index is 11.3. The molecule has 0 aliphatic heterocycles. The van der Waals surface area contributed by atoms with Gasteiger partial charge in [0.2, 0.25) is 0 Å². The Morgan fingerprint density at radius 3 is 2.31 bits per heavy atom. The normalized spacial score (nSPS) is 9.38. The van der Waals surface area contributed by atoms with Crippen LogP contribution in [0, 0.1) is 6.92 Å². The molecule has 0 aromatic heterocycles. The molecule has 0 unspecified atom stereocenters. The number of carbonyl (C=O) groups is 2. The predicted octanol–water partition coefficient (Wildman–Crippen LogP) is 1.64. The van der Waals surface area contributed by atoms with Gasteiger partial charge in [0.25, 0.3) is 0 Å². The minimum absolute atomic E-state index is 0.599. The highest BCUT2D eigenvalue weighted by Crippen LogP contribution is 2.07. The Hall–Kier alpha value is -2.24. The summed E-state index contributed by atoms with van der Waals surface area (Å²) in [6.45, 7) is 1.93. The summed E-state index contributed by atoms with van der Waals surface area (Å²) in [6, 6.07) is 6.55. The van der Waals surface area contributed by atoms with E-state index in [0.717, 1.165) is 5.56 Å². The first-order chi connectivity index (χ1) is 7.49. The lowest BCUT2D eigenvalue weighted by atomic mass is 10.2. The number of hydrogen-bond donors (Lipinski definition) is 3. The molecule has 0 saturated carbocycles. The van der Waals surface area contributed by atoms with Gasteiger partial charge < -0.3 is 10.4 Å². The lowest BCUT2D eigenvalue weighted by Gasteiger charge is -2.14. The Labute approximate surface area is 92.8 Å². The van der Waals surface area contributed by atoms with Crippen LogP contribution in [0.3, 0.4) is 0 Å². The summed E-state index contributed by atoms with van der Waals surface area (Å²) in [4.78, 5) is 21.7. The third-order valence-electron chi connectivity index (χ3n) is 1.87. The largest absolute Gasteiger partial charge is 0.464 e. The van der Waals surface area contributed by atoms with E-state index in [4.69, 9.17) is 5.11 Å². The number of hydrazine groups is 1. The van der Waals surface area contributed by atoms with Crippen molar-refractivity contribution >= 4 is 17.8 Å². The fourth-order valence-electron chi connectivity index (χ4n) is 0.996. The molecule has 6 nitrogen and oxygen atoms in total. The fraction of sp³-hybridized carbons (Fsp3) is 0.200. The quantitative estimate of drug-likeness (QED) is 0.633. The minimum atomic E-state index is -1.24. The molecule has 0 saturated heterocycles. The van der Waals surface area contributed by atoms with Crippen molar-refractivity contribution in [3.8, 4) is 0 Å². The van der Waals surface area contributed by atoms with E-state index in [9.17, 15) is 9.59 Å². The standard InChI is InChI=1S/C10H13N3O3/c1-7-3-5-8(6-4-7)11-9(14)12-13(2)10(15)16/h3-6H,1-2H3,(H,15,16)(H2,11,12,14). The smallest absolute Gasteiger partial charge is 0.425 e. The van der Waals surface area contributed by atoms with E-state index in [-0.39, 0.29) is 0 Å². The van der Waals surface area contributed by atoms with Crippen molar-refractivity contribution in [2.75, 3.05) is 12.4 Å². The maximum Gasteiger partial charge on any atom is 0.425 e. The molecule has 0 spiro atoms. The van der Waals surface area contributed by atoms with Gasteiger partial charge in [0.15, 0.2) is 0 Å². The van der Waals surface area contributed by atoms with E-state index in [2.05, 4.69) is 10.7 Å². The molecule has 0 atom stereocenters. The van der Waals surface area contributed by atoms with Crippen LogP contribution in [-0.2, 0) is 0 Å². The summed E-state index contributed by atoms with van der Waals surface area (Å²) in [5.74, 6) is 0. The minimum Gasteiger partial charge on any atom is -0.464 e. The Balaban J connectivity index is 2.52. The van der Waals surface area contributed by atoms with Gasteiger partial charge in [0.1, 0.15) is 0 Å². The lowest BCUT2D eigenvalue weighted by molar-refractivity contribution is 0.139. The van der Waals surface area contributed by atoms with Crippen molar-refractivity contribution in [1.29, 1.82) is 0 Å². The SMILES string of the molecule is Cc1ccc(NC(=O)NN(C)C(=O)O)cc1. The van der Waals surface area contributed by atoms with Crippen LogP contribution in [0.25, 0.3) is 0 Å². The fourth-order valence-corrected chi connectivity index (χ4v) is 0.996. The average Bonchev–Trinajstić information content (AvgIpc) is 2.21. The number of nitrogens with one attached hydrogen (secondary N) is 2. The molecule has 1 rings (SSSR count). The molecule has 0 fully saturated rings. The third kappa shape index (κ3) is 3.49. The number of benzene rings is 1. The van der Waals surface area contributed by atoms with Crippen LogP contribution < -0.4 is 10.7 Å². The zero-order valence-electron chi connectivity index (χ0n) is 9.02. The number of amides is 3. The summed E-state index contributed by atoms with van der Waals surface area (Å²) >= 11 is 0. The van der Waals surface area contributed by atoms with Crippen molar-refractivity contribution in [2.24, 2.45) is 0 Å². The molecule has 0 aliphatic rings. The Morgan fingerprint density at radius 2 is 1.81 bits per heavy atom. The summed E-state index contributed by atoms with van der Waals surface area (Å²) in [5, 5.41) is 11.7. The predicted molar refractivity (Wildman–Crippen MR) is 59.1 cm³/mol. The van der Waals surface area contributed by atoms with Gasteiger partial charge in [-0.2, -0.15) is 0 Å². The van der Waals surface area contributed by atoms with E-state index < -0.39 is 12.1 Å². The van der Waals surface area contributed by atoms with E-state index in [1.54, 1.807) is 12.1 Å². The van der Waals surface area contributed by atoms with Crippen molar-refractivity contribution in [1.82, 2.24) is 10.4 Å². The number of carbonyl (C=O) groups excluding carboxylic acids is 1. The van der Waals surface area contributed by atoms with Gasteiger partial charge in [-0.3, -0.25) is 0 Å². The number of urea groups is 1. The van der Waals surface area contributed by atoms with Crippen molar-refractivity contribution in [2.45, 2.75) is 6.92 Å². The molecule has 1 aromatic rings. The number of aryl methyl sites for hydroxylation is 1. The van der Waals surface area contributed by atoms with Crippen LogP contribution in [0.4, 0.5) is 15.3 Å². The third-order valence-corrected chi connectivity index (χ3v) is 1.87. The van der Waals surface area contributed by atoms with Crippen molar-refractivity contribution in [3.63, 3.8) is 0 Å². The van der Waals surface area contributed by atoms with E-state index in [1.807, 2.05) is 19.1 Å². The molecule has 86 valence electrons. The second kappa shape index (κ2) is 5.01. The summed E-state index contributed by atoms with van der Waals surface area (Å²) < 4.78 is 0. The van der Waals surface area contributed by atoms with E-state index in [1.165, 1.54) is 7.05 Å². The summed E-state index contributed by atoms with van der Waals surface area (Å²) in [7, 11) is 1.23. The van der Waals surface area contributed by atoms with Gasteiger partial charge in [-0.05, 0) is 19.1 Å². The van der Waals surface area contributed by atoms with Crippen molar-refractivity contribution < 1.29 is 14.7 Å². The first kappa shape index (κ1) is 11.8. The Bertz CT molecular complexity index is 389. The first-order valence-electron chi connectivity index (χ1n) is 4.60. The molecule has 0 heterocycles. The monoisotopic (exact) mass is 223 g/mol. The highest BCUT2D eigenvalue weighted by molar-refractivity contribution is 5.90. The molecular weight excluding hydrogens is 210 g/mol. The maximum atomic E-state index is 11.3. The Morgan fingerprint density at radius 1 is 1.25 bits per heavy atom. The molecule has 0 aliphatic carbocycles. The van der Waals surface area contributed by atoms with Gasteiger partial charge in [0.05, 0.1) is 0 Å². The Kier molecular flexibility index (Phi) is 3.71. The molecule has 0 bridgehead atoms. The van der Waals surface area contributed by atoms with Gasteiger partial charge >= 0.3 is 12.1 Å². The molecule has 1 aromatic carbocycles. The highest BCUT2D eigenvalue weighted by Gasteiger charge is 2.08. The molecule has 6 heteroatoms. The number of nitrogens with zero attached hydrogens (tertiary/aromatic N) is 1. The van der Waals surface area contributed by atoms with Crippen LogP contribution in [0.15, 0.2) is 24.3 Å². The number of carboxylic acid groups (broad SMARTS) is 1. The van der Waals surface area contributed by atoms with Gasteiger partial charge in [-0.1, -0.05) is 17.7 Å². The average molecular weight is 223 g/mol. The molecule has 3 amide bonds. The van der Waals surface area contributed by atoms with Crippen LogP contribution in [0.5, 0.6) is 0 Å². The second-order valence-corrected chi connectivity index (χ2v) is 3.27. The number of rotatable bonds is 1. The summed E-state index contributed by atoms with van der Waals surface area (Å²) in [6.07, 6.45) is -1.24. The lowest BCUT2D eigenvalue weighted by Crippen LogP contribution is -2.44. The summed E-state index contributed by atoms with van der Waals surface area (Å²) in [5.41, 5.74) is 3.80. The van der Waals surface area contributed by atoms with Gasteiger partial charge in [-0.15, -0.1) is 0 Å². The van der Waals surface area contributed by atoms with Gasteiger partial charge in [0, 0.05) is 12.7 Å². The zero-order valence-corrected chi connectivity index (χ0v) is 9.02.